The van der Waals surface area contributed by atoms with Crippen LogP contribution in [0.25, 0.3) is 0 Å². The van der Waals surface area contributed by atoms with E-state index in [0.717, 1.165) is 23.5 Å². The molecule has 0 spiro atoms. The predicted octanol–water partition coefficient (Wildman–Crippen LogP) is 2.60. The Morgan fingerprint density at radius 3 is 3.00 bits per heavy atom. The van der Waals surface area contributed by atoms with Gasteiger partial charge in [-0.2, -0.15) is 0 Å². The van der Waals surface area contributed by atoms with E-state index in [4.69, 9.17) is 21.1 Å². The van der Waals surface area contributed by atoms with Crippen molar-refractivity contribution in [3.8, 4) is 11.5 Å². The van der Waals surface area contributed by atoms with E-state index < -0.39 is 0 Å². The van der Waals surface area contributed by atoms with Crippen LogP contribution in [0.4, 0.5) is 11.5 Å². The van der Waals surface area contributed by atoms with Gasteiger partial charge in [0.2, 0.25) is 0 Å². The summed E-state index contributed by atoms with van der Waals surface area (Å²) in [5, 5.41) is 6.75. The number of hydrogen-bond acceptors (Lipinski definition) is 6. The molecule has 3 rings (SSSR count). The zero-order valence-corrected chi connectivity index (χ0v) is 13.1. The summed E-state index contributed by atoms with van der Waals surface area (Å²) < 4.78 is 11.2. The molecular weight excluding hydrogens is 304 g/mol. The zero-order valence-electron chi connectivity index (χ0n) is 12.4. The summed E-state index contributed by atoms with van der Waals surface area (Å²) in [5.41, 5.74) is 1.79. The van der Waals surface area contributed by atoms with Gasteiger partial charge in [-0.3, -0.25) is 0 Å². The number of nitrogens with one attached hydrogen (secondary N) is 2. The standard InChI is InChI=1S/C15H17ClN4O2/c1-17-12-14(16)18-8-19-15(12)20-10-6-9-4-3-5-11(21-2)13(9)22-7-10/h3-5,8,10,17H,6-7H2,1-2H3,(H,18,19,20). The fourth-order valence-electron chi connectivity index (χ4n) is 2.54. The van der Waals surface area contributed by atoms with E-state index in [0.29, 0.717) is 23.3 Å². The summed E-state index contributed by atoms with van der Waals surface area (Å²) in [6.07, 6.45) is 2.25. The summed E-state index contributed by atoms with van der Waals surface area (Å²) in [6, 6.07) is 6.00. The highest BCUT2D eigenvalue weighted by Crippen LogP contribution is 2.35. The first kappa shape index (κ1) is 14.7. The van der Waals surface area contributed by atoms with Crippen LogP contribution in [-0.4, -0.2) is 36.8 Å². The molecule has 0 saturated heterocycles. The van der Waals surface area contributed by atoms with Crippen LogP contribution in [0.3, 0.4) is 0 Å². The fraction of sp³-hybridized carbons (Fsp3) is 0.333. The van der Waals surface area contributed by atoms with Gasteiger partial charge in [0, 0.05) is 12.6 Å². The van der Waals surface area contributed by atoms with Crippen LogP contribution < -0.4 is 20.1 Å². The Labute approximate surface area is 133 Å². The number of aromatic nitrogens is 2. The van der Waals surface area contributed by atoms with Gasteiger partial charge in [-0.15, -0.1) is 0 Å². The summed E-state index contributed by atoms with van der Waals surface area (Å²) in [5.74, 6) is 2.25. The molecule has 2 N–H and O–H groups in total. The van der Waals surface area contributed by atoms with E-state index >= 15 is 0 Å². The molecular formula is C15H17ClN4O2. The van der Waals surface area contributed by atoms with Gasteiger partial charge in [-0.05, 0) is 12.5 Å². The second kappa shape index (κ2) is 6.27. The first-order valence-corrected chi connectivity index (χ1v) is 7.34. The lowest BCUT2D eigenvalue weighted by Gasteiger charge is -2.28. The minimum absolute atomic E-state index is 0.0951. The Morgan fingerprint density at radius 2 is 2.23 bits per heavy atom. The smallest absolute Gasteiger partial charge is 0.164 e. The maximum absolute atomic E-state index is 6.07. The molecule has 1 aromatic heterocycles. The molecule has 2 aromatic rings. The van der Waals surface area contributed by atoms with Crippen molar-refractivity contribution >= 4 is 23.1 Å². The van der Waals surface area contributed by atoms with Crippen LogP contribution in [0.2, 0.25) is 5.15 Å². The van der Waals surface area contributed by atoms with Crippen molar-refractivity contribution < 1.29 is 9.47 Å². The lowest BCUT2D eigenvalue weighted by atomic mass is 10.0. The van der Waals surface area contributed by atoms with Crippen LogP contribution in [0.1, 0.15) is 5.56 Å². The van der Waals surface area contributed by atoms with Crippen LogP contribution in [-0.2, 0) is 6.42 Å². The van der Waals surface area contributed by atoms with Crippen molar-refractivity contribution in [2.75, 3.05) is 31.4 Å². The third kappa shape index (κ3) is 2.74. The normalized spacial score (nSPS) is 16.4. The van der Waals surface area contributed by atoms with Crippen LogP contribution in [0.5, 0.6) is 11.5 Å². The molecule has 6 nitrogen and oxygen atoms in total. The van der Waals surface area contributed by atoms with Gasteiger partial charge in [0.15, 0.2) is 22.5 Å². The number of para-hydroxylation sites is 1. The van der Waals surface area contributed by atoms with Crippen molar-refractivity contribution in [3.63, 3.8) is 0 Å². The molecule has 0 radical (unpaired) electrons. The molecule has 116 valence electrons. The highest BCUT2D eigenvalue weighted by Gasteiger charge is 2.23. The summed E-state index contributed by atoms with van der Waals surface area (Å²) in [4.78, 5) is 8.21. The Hall–Kier alpha value is -2.21. The number of fused-ring (bicyclic) bond motifs is 1. The molecule has 0 amide bonds. The molecule has 1 aliphatic rings. The van der Waals surface area contributed by atoms with Crippen molar-refractivity contribution in [1.82, 2.24) is 9.97 Å². The molecule has 1 aromatic carbocycles. The van der Waals surface area contributed by atoms with E-state index in [1.807, 2.05) is 18.2 Å². The molecule has 0 aliphatic carbocycles. The zero-order chi connectivity index (χ0) is 15.5. The van der Waals surface area contributed by atoms with Crippen molar-refractivity contribution in [2.45, 2.75) is 12.5 Å². The number of ether oxygens (including phenoxy) is 2. The highest BCUT2D eigenvalue weighted by atomic mass is 35.5. The summed E-state index contributed by atoms with van der Waals surface area (Å²) in [6.45, 7) is 0.526. The molecule has 1 aliphatic heterocycles. The average Bonchev–Trinajstić information content (AvgIpc) is 2.54. The lowest BCUT2D eigenvalue weighted by Crippen LogP contribution is -2.33. The molecule has 1 atom stereocenters. The number of nitrogens with zero attached hydrogens (tertiary/aromatic N) is 2. The van der Waals surface area contributed by atoms with Gasteiger partial charge in [-0.1, -0.05) is 23.7 Å². The summed E-state index contributed by atoms with van der Waals surface area (Å²) in [7, 11) is 3.43. The molecule has 0 saturated carbocycles. The quantitative estimate of drug-likeness (QED) is 0.844. The largest absolute Gasteiger partial charge is 0.493 e. The Bertz CT molecular complexity index is 681. The molecule has 7 heteroatoms. The maximum Gasteiger partial charge on any atom is 0.164 e. The summed E-state index contributed by atoms with van der Waals surface area (Å²) >= 11 is 6.07. The Kier molecular flexibility index (Phi) is 4.20. The molecule has 0 fully saturated rings. The first-order valence-electron chi connectivity index (χ1n) is 6.96. The van der Waals surface area contributed by atoms with Gasteiger partial charge < -0.3 is 20.1 Å². The number of halogens is 1. The number of benzene rings is 1. The Morgan fingerprint density at radius 1 is 1.36 bits per heavy atom. The van der Waals surface area contributed by atoms with Gasteiger partial charge in [0.1, 0.15) is 18.6 Å². The van der Waals surface area contributed by atoms with E-state index in [9.17, 15) is 0 Å². The van der Waals surface area contributed by atoms with Gasteiger partial charge >= 0.3 is 0 Å². The third-order valence-corrected chi connectivity index (χ3v) is 3.85. The Balaban J connectivity index is 1.80. The van der Waals surface area contributed by atoms with Gasteiger partial charge in [0.05, 0.1) is 13.2 Å². The van der Waals surface area contributed by atoms with Crippen LogP contribution >= 0.6 is 11.6 Å². The third-order valence-electron chi connectivity index (χ3n) is 3.57. The van der Waals surface area contributed by atoms with E-state index in [2.05, 4.69) is 20.6 Å². The topological polar surface area (TPSA) is 68.3 Å². The predicted molar refractivity (Wildman–Crippen MR) is 86.2 cm³/mol. The van der Waals surface area contributed by atoms with Crippen molar-refractivity contribution in [2.24, 2.45) is 0 Å². The highest BCUT2D eigenvalue weighted by molar-refractivity contribution is 6.32. The van der Waals surface area contributed by atoms with Crippen LogP contribution in [0, 0.1) is 0 Å². The van der Waals surface area contributed by atoms with Gasteiger partial charge in [-0.25, -0.2) is 9.97 Å². The SMILES string of the molecule is CNc1c(Cl)ncnc1NC1COc2c(cccc2OC)C1. The average molecular weight is 321 g/mol. The van der Waals surface area contributed by atoms with E-state index in [-0.39, 0.29) is 6.04 Å². The minimum Gasteiger partial charge on any atom is -0.493 e. The molecule has 22 heavy (non-hydrogen) atoms. The number of methoxy groups -OCH3 is 1. The fourth-order valence-corrected chi connectivity index (χ4v) is 2.76. The van der Waals surface area contributed by atoms with E-state index in [1.54, 1.807) is 14.2 Å². The number of rotatable bonds is 4. The van der Waals surface area contributed by atoms with Gasteiger partial charge in [0.25, 0.3) is 0 Å². The monoisotopic (exact) mass is 320 g/mol. The maximum atomic E-state index is 6.07. The number of anilines is 2. The van der Waals surface area contributed by atoms with Crippen LogP contribution in [0.15, 0.2) is 24.5 Å². The molecule has 0 bridgehead atoms. The number of hydrogen-bond donors (Lipinski definition) is 2. The minimum atomic E-state index is 0.0951. The molecule has 1 unspecified atom stereocenters. The second-order valence-corrected chi connectivity index (χ2v) is 5.30. The lowest BCUT2D eigenvalue weighted by molar-refractivity contribution is 0.256. The second-order valence-electron chi connectivity index (χ2n) is 4.94. The van der Waals surface area contributed by atoms with E-state index in [1.165, 1.54) is 6.33 Å². The first-order chi connectivity index (χ1) is 10.7. The molecule has 2 heterocycles. The van der Waals surface area contributed by atoms with Crippen molar-refractivity contribution in [1.29, 1.82) is 0 Å². The van der Waals surface area contributed by atoms with Crippen molar-refractivity contribution in [3.05, 3.63) is 35.2 Å².